The molecule has 2 aliphatic rings. The first kappa shape index (κ1) is 13.8. The molecule has 0 aliphatic carbocycles. The van der Waals surface area contributed by atoms with E-state index in [4.69, 9.17) is 10.5 Å². The zero-order valence-electron chi connectivity index (χ0n) is 9.99. The van der Waals surface area contributed by atoms with Crippen molar-refractivity contribution in [2.75, 3.05) is 0 Å². The highest BCUT2D eigenvalue weighted by Crippen LogP contribution is 2.52. The SMILES string of the molecule is N#CC1=C(C#N)SC(=CC=C2Sc3ccccc3S2)S1. The summed E-state index contributed by atoms with van der Waals surface area (Å²) in [7, 11) is 0. The van der Waals surface area contributed by atoms with Gasteiger partial charge < -0.3 is 0 Å². The minimum Gasteiger partial charge on any atom is -0.192 e. The number of fused-ring (bicyclic) bond motifs is 1. The van der Waals surface area contributed by atoms with Gasteiger partial charge in [-0.05, 0) is 24.3 Å². The Morgan fingerprint density at radius 1 is 0.750 bits per heavy atom. The number of allylic oxidation sites excluding steroid dienone is 4. The van der Waals surface area contributed by atoms with Crippen LogP contribution in [0.1, 0.15) is 0 Å². The van der Waals surface area contributed by atoms with Crippen LogP contribution in [-0.2, 0) is 0 Å². The number of thioether (sulfide) groups is 4. The van der Waals surface area contributed by atoms with E-state index in [0.717, 1.165) is 4.24 Å². The average Bonchev–Trinajstić information content (AvgIpc) is 3.07. The molecule has 0 aromatic heterocycles. The van der Waals surface area contributed by atoms with E-state index < -0.39 is 0 Å². The summed E-state index contributed by atoms with van der Waals surface area (Å²) in [6, 6.07) is 12.4. The second-order valence-electron chi connectivity index (χ2n) is 3.71. The Labute approximate surface area is 134 Å². The van der Waals surface area contributed by atoms with Crippen molar-refractivity contribution >= 4 is 47.0 Å². The Hall–Kier alpha value is -1.18. The summed E-state index contributed by atoms with van der Waals surface area (Å²) in [4.78, 5) is 3.55. The third-order valence-electron chi connectivity index (χ3n) is 2.44. The highest BCUT2D eigenvalue weighted by molar-refractivity contribution is 8.28. The first-order valence-electron chi connectivity index (χ1n) is 5.57. The zero-order chi connectivity index (χ0) is 13.9. The maximum Gasteiger partial charge on any atom is 0.115 e. The van der Waals surface area contributed by atoms with Crippen LogP contribution in [0.2, 0.25) is 0 Å². The molecule has 1 aromatic rings. The molecular weight excluding hydrogens is 324 g/mol. The van der Waals surface area contributed by atoms with Gasteiger partial charge in [-0.15, -0.1) is 0 Å². The number of hydrogen-bond acceptors (Lipinski definition) is 6. The van der Waals surface area contributed by atoms with Gasteiger partial charge in [0.25, 0.3) is 0 Å². The molecule has 1 aromatic carbocycles. The molecule has 2 aliphatic heterocycles. The summed E-state index contributed by atoms with van der Waals surface area (Å²) in [5.41, 5.74) is 0. The van der Waals surface area contributed by atoms with Crippen LogP contribution in [0.15, 0.2) is 64.5 Å². The molecule has 2 nitrogen and oxygen atoms in total. The number of nitrogens with zero attached hydrogens (tertiary/aromatic N) is 2. The van der Waals surface area contributed by atoms with Crippen LogP contribution < -0.4 is 0 Å². The summed E-state index contributed by atoms with van der Waals surface area (Å²) in [6.07, 6.45) is 4.04. The van der Waals surface area contributed by atoms with E-state index in [0.29, 0.717) is 9.81 Å². The molecule has 0 spiro atoms. The quantitative estimate of drug-likeness (QED) is 0.696. The molecule has 0 radical (unpaired) electrons. The van der Waals surface area contributed by atoms with Crippen molar-refractivity contribution in [3.05, 3.63) is 54.7 Å². The molecule has 0 N–H and O–H groups in total. The predicted molar refractivity (Wildman–Crippen MR) is 87.8 cm³/mol. The van der Waals surface area contributed by atoms with Crippen molar-refractivity contribution in [1.82, 2.24) is 0 Å². The molecular formula is C14H6N2S4. The molecule has 0 bridgehead atoms. The van der Waals surface area contributed by atoms with E-state index in [2.05, 4.69) is 30.3 Å². The summed E-state index contributed by atoms with van der Waals surface area (Å²) >= 11 is 6.24. The molecule has 96 valence electrons. The second-order valence-corrected chi connectivity index (χ2v) is 8.50. The fourth-order valence-electron chi connectivity index (χ4n) is 1.59. The normalized spacial score (nSPS) is 16.7. The Bertz CT molecular complexity index is 692. The summed E-state index contributed by atoms with van der Waals surface area (Å²) in [5.74, 6) is 0. The summed E-state index contributed by atoms with van der Waals surface area (Å²) in [5, 5.41) is 17.9. The van der Waals surface area contributed by atoms with E-state index in [9.17, 15) is 0 Å². The van der Waals surface area contributed by atoms with Crippen LogP contribution in [0, 0.1) is 22.7 Å². The van der Waals surface area contributed by atoms with Gasteiger partial charge in [0.1, 0.15) is 21.9 Å². The standard InChI is InChI=1S/C14H6N2S4/c15-7-11-12(8-16)20-14(19-11)6-5-13-17-9-3-1-2-4-10(9)18-13/h1-6H. The maximum absolute atomic E-state index is 8.94. The van der Waals surface area contributed by atoms with Crippen molar-refractivity contribution in [2.24, 2.45) is 0 Å². The first-order chi connectivity index (χ1) is 9.80. The Balaban J connectivity index is 1.74. The first-order valence-corrected chi connectivity index (χ1v) is 8.83. The van der Waals surface area contributed by atoms with Crippen molar-refractivity contribution in [3.8, 4) is 12.1 Å². The number of rotatable bonds is 1. The van der Waals surface area contributed by atoms with Crippen LogP contribution in [0.4, 0.5) is 0 Å². The number of benzene rings is 1. The highest BCUT2D eigenvalue weighted by Gasteiger charge is 2.21. The van der Waals surface area contributed by atoms with Gasteiger partial charge in [-0.25, -0.2) is 0 Å². The molecule has 0 saturated heterocycles. The lowest BCUT2D eigenvalue weighted by molar-refractivity contribution is 1.27. The van der Waals surface area contributed by atoms with Gasteiger partial charge in [-0.3, -0.25) is 0 Å². The van der Waals surface area contributed by atoms with Gasteiger partial charge in [0, 0.05) is 14.0 Å². The van der Waals surface area contributed by atoms with Crippen molar-refractivity contribution in [1.29, 1.82) is 10.5 Å². The van der Waals surface area contributed by atoms with Crippen LogP contribution in [-0.4, -0.2) is 0 Å². The largest absolute Gasteiger partial charge is 0.192 e. The third kappa shape index (κ3) is 2.79. The molecule has 0 atom stereocenters. The minimum absolute atomic E-state index is 0.497. The molecule has 3 rings (SSSR count). The van der Waals surface area contributed by atoms with Gasteiger partial charge in [0.2, 0.25) is 0 Å². The molecule has 2 heterocycles. The topological polar surface area (TPSA) is 47.6 Å². The zero-order valence-corrected chi connectivity index (χ0v) is 13.3. The van der Waals surface area contributed by atoms with Crippen LogP contribution in [0.5, 0.6) is 0 Å². The lowest BCUT2D eigenvalue weighted by Crippen LogP contribution is -1.66. The van der Waals surface area contributed by atoms with E-state index >= 15 is 0 Å². The van der Waals surface area contributed by atoms with E-state index in [1.165, 1.54) is 37.6 Å². The van der Waals surface area contributed by atoms with Crippen LogP contribution in [0.3, 0.4) is 0 Å². The lowest BCUT2D eigenvalue weighted by Gasteiger charge is -1.93. The van der Waals surface area contributed by atoms with Gasteiger partial charge >= 0.3 is 0 Å². The van der Waals surface area contributed by atoms with Crippen molar-refractivity contribution < 1.29 is 0 Å². The molecule has 0 saturated carbocycles. The Kier molecular flexibility index (Phi) is 4.18. The van der Waals surface area contributed by atoms with Gasteiger partial charge in [-0.2, -0.15) is 10.5 Å². The van der Waals surface area contributed by atoms with Crippen LogP contribution >= 0.6 is 47.0 Å². The molecule has 0 amide bonds. The van der Waals surface area contributed by atoms with Gasteiger partial charge in [0.15, 0.2) is 0 Å². The van der Waals surface area contributed by atoms with E-state index in [1.54, 1.807) is 23.5 Å². The lowest BCUT2D eigenvalue weighted by atomic mass is 10.4. The maximum atomic E-state index is 8.94. The third-order valence-corrected chi connectivity index (χ3v) is 7.20. The van der Waals surface area contributed by atoms with E-state index in [1.807, 2.05) is 18.2 Å². The molecule has 0 fully saturated rings. The minimum atomic E-state index is 0.497. The Morgan fingerprint density at radius 3 is 1.65 bits per heavy atom. The van der Waals surface area contributed by atoms with Gasteiger partial charge in [-0.1, -0.05) is 59.2 Å². The second kappa shape index (κ2) is 6.07. The van der Waals surface area contributed by atoms with E-state index in [-0.39, 0.29) is 0 Å². The monoisotopic (exact) mass is 330 g/mol. The Morgan fingerprint density at radius 2 is 1.20 bits per heavy atom. The van der Waals surface area contributed by atoms with Gasteiger partial charge in [0.05, 0.1) is 4.24 Å². The smallest absolute Gasteiger partial charge is 0.115 e. The number of hydrogen-bond donors (Lipinski definition) is 0. The van der Waals surface area contributed by atoms with Crippen molar-refractivity contribution in [3.63, 3.8) is 0 Å². The number of nitriles is 2. The molecule has 6 heteroatoms. The summed E-state index contributed by atoms with van der Waals surface area (Å²) in [6.45, 7) is 0. The van der Waals surface area contributed by atoms with Crippen molar-refractivity contribution in [2.45, 2.75) is 9.79 Å². The molecule has 20 heavy (non-hydrogen) atoms. The average molecular weight is 330 g/mol. The fourth-order valence-corrected chi connectivity index (χ4v) is 5.84. The molecule has 0 unspecified atom stereocenters. The highest BCUT2D eigenvalue weighted by atomic mass is 32.2. The van der Waals surface area contributed by atoms with Crippen LogP contribution in [0.25, 0.3) is 0 Å². The summed E-state index contributed by atoms with van der Waals surface area (Å²) < 4.78 is 2.19. The predicted octanol–water partition coefficient (Wildman–Crippen LogP) is 5.31. The fraction of sp³-hybridized carbons (Fsp3) is 0.